The van der Waals surface area contributed by atoms with Crippen LogP contribution in [0.4, 0.5) is 5.69 Å². The molecule has 0 radical (unpaired) electrons. The molecule has 0 unspecified atom stereocenters. The summed E-state index contributed by atoms with van der Waals surface area (Å²) in [4.78, 5) is 26.7. The average molecular weight is 493 g/mol. The number of nitrogens with zero attached hydrogens (tertiary/aromatic N) is 3. The Morgan fingerprint density at radius 2 is 1.86 bits per heavy atom. The molecular weight excluding hydrogens is 456 g/mol. The summed E-state index contributed by atoms with van der Waals surface area (Å²) in [5, 5.41) is 26.6. The number of carbonyl (C=O) groups excluding carboxylic acids is 2. The molecule has 2 heterocycles. The van der Waals surface area contributed by atoms with Crippen molar-refractivity contribution in [3.63, 3.8) is 0 Å². The molecule has 1 saturated carbocycles. The number of aromatic nitrogens is 4. The molecule has 0 saturated heterocycles. The molecule has 3 aromatic rings. The van der Waals surface area contributed by atoms with Gasteiger partial charge in [-0.1, -0.05) is 31.9 Å². The maximum atomic E-state index is 13.5. The lowest BCUT2D eigenvalue weighted by atomic mass is 9.79. The summed E-state index contributed by atoms with van der Waals surface area (Å²) in [5.41, 5.74) is 5.08. The second-order valence-electron chi connectivity index (χ2n) is 9.86. The molecule has 0 spiro atoms. The molecule has 1 atom stereocenters. The predicted molar refractivity (Wildman–Crippen MR) is 138 cm³/mol. The van der Waals surface area contributed by atoms with E-state index >= 15 is 0 Å². The van der Waals surface area contributed by atoms with Crippen LogP contribution in [0.25, 0.3) is 11.1 Å². The normalized spacial score (nSPS) is 18.6. The van der Waals surface area contributed by atoms with Gasteiger partial charge >= 0.3 is 0 Å². The Balaban J connectivity index is 1.50. The first-order valence-electron chi connectivity index (χ1n) is 12.7. The van der Waals surface area contributed by atoms with E-state index in [1.165, 1.54) is 0 Å². The number of aliphatic hydroxyl groups excluding tert-OH is 1. The smallest absolute Gasteiger partial charge is 0.270 e. The lowest BCUT2D eigenvalue weighted by molar-refractivity contribution is -0.119. The fraction of sp³-hybridized carbons (Fsp3) is 0.481. The van der Waals surface area contributed by atoms with E-state index in [4.69, 9.17) is 5.11 Å². The molecule has 2 amide bonds. The van der Waals surface area contributed by atoms with E-state index in [0.29, 0.717) is 30.3 Å². The van der Waals surface area contributed by atoms with Crippen LogP contribution in [-0.2, 0) is 11.3 Å². The van der Waals surface area contributed by atoms with Crippen LogP contribution in [0.1, 0.15) is 60.9 Å². The topological polar surface area (TPSA) is 125 Å². The van der Waals surface area contributed by atoms with Crippen LogP contribution >= 0.6 is 0 Å². The van der Waals surface area contributed by atoms with Gasteiger partial charge in [0.2, 0.25) is 5.91 Å². The minimum absolute atomic E-state index is 0.0186. The zero-order chi connectivity index (χ0) is 25.7. The predicted octanol–water partition coefficient (Wildman–Crippen LogP) is 3.84. The third kappa shape index (κ3) is 5.84. The van der Waals surface area contributed by atoms with Gasteiger partial charge in [-0.2, -0.15) is 10.2 Å². The molecule has 1 aromatic carbocycles. The van der Waals surface area contributed by atoms with Crippen molar-refractivity contribution in [2.45, 2.75) is 65.5 Å². The molecule has 1 aliphatic rings. The van der Waals surface area contributed by atoms with E-state index in [0.717, 1.165) is 48.2 Å². The lowest BCUT2D eigenvalue weighted by Crippen LogP contribution is -2.49. The van der Waals surface area contributed by atoms with Gasteiger partial charge in [-0.15, -0.1) is 0 Å². The number of H-pyrrole nitrogens is 1. The van der Waals surface area contributed by atoms with E-state index < -0.39 is 6.04 Å². The molecule has 0 aliphatic heterocycles. The summed E-state index contributed by atoms with van der Waals surface area (Å²) in [6.07, 6.45) is 5.92. The highest BCUT2D eigenvalue weighted by molar-refractivity contribution is 6.00. The van der Waals surface area contributed by atoms with Crippen LogP contribution in [0.2, 0.25) is 0 Å². The highest BCUT2D eigenvalue weighted by Crippen LogP contribution is 2.31. The summed E-state index contributed by atoms with van der Waals surface area (Å²) in [6.45, 7) is 6.63. The summed E-state index contributed by atoms with van der Waals surface area (Å²) in [6, 6.07) is 8.69. The van der Waals surface area contributed by atoms with Gasteiger partial charge in [0.1, 0.15) is 11.7 Å². The van der Waals surface area contributed by atoms with Crippen molar-refractivity contribution in [1.29, 1.82) is 0 Å². The van der Waals surface area contributed by atoms with Gasteiger partial charge in [0.05, 0.1) is 5.69 Å². The molecule has 1 fully saturated rings. The van der Waals surface area contributed by atoms with Crippen molar-refractivity contribution < 1.29 is 14.7 Å². The van der Waals surface area contributed by atoms with E-state index in [-0.39, 0.29) is 24.3 Å². The SMILES string of the molecule is Cc1n[nH]c(C)c1-c1ccc(NC(=O)[C@@H](NC(=O)c2ccnn2CCCO)C2CCC(C)CC2)cc1. The van der Waals surface area contributed by atoms with E-state index in [1.54, 1.807) is 16.9 Å². The van der Waals surface area contributed by atoms with Gasteiger partial charge in [0.15, 0.2) is 0 Å². The fourth-order valence-corrected chi connectivity index (χ4v) is 5.07. The van der Waals surface area contributed by atoms with Crippen LogP contribution in [0.15, 0.2) is 36.5 Å². The molecule has 9 nitrogen and oxygen atoms in total. The Morgan fingerprint density at radius 3 is 2.50 bits per heavy atom. The number of aryl methyl sites for hydroxylation is 3. The number of hydrogen-bond acceptors (Lipinski definition) is 5. The van der Waals surface area contributed by atoms with Gasteiger partial charge in [-0.25, -0.2) is 0 Å². The van der Waals surface area contributed by atoms with Crippen molar-refractivity contribution in [3.8, 4) is 11.1 Å². The van der Waals surface area contributed by atoms with Crippen molar-refractivity contribution in [3.05, 3.63) is 53.6 Å². The zero-order valence-electron chi connectivity index (χ0n) is 21.3. The number of nitrogens with one attached hydrogen (secondary N) is 3. The second kappa shape index (κ2) is 11.5. The highest BCUT2D eigenvalue weighted by atomic mass is 16.3. The second-order valence-corrected chi connectivity index (χ2v) is 9.86. The third-order valence-electron chi connectivity index (χ3n) is 7.15. The van der Waals surface area contributed by atoms with Gasteiger partial charge < -0.3 is 15.7 Å². The summed E-state index contributed by atoms with van der Waals surface area (Å²) in [7, 11) is 0. The van der Waals surface area contributed by atoms with Crippen LogP contribution < -0.4 is 10.6 Å². The number of carbonyl (C=O) groups is 2. The standard InChI is InChI=1S/C27H36N6O3/c1-17-5-7-21(8-6-17)25(30-26(35)23-13-14-28-33(23)15-4-16-34)27(36)29-22-11-9-20(10-12-22)24-18(2)31-32-19(24)3/h9-14,17,21,25,34H,4-8,15-16H2,1-3H3,(H,29,36)(H,30,35)(H,31,32)/t17?,21?,25-/m0/s1. The van der Waals surface area contributed by atoms with E-state index in [2.05, 4.69) is 32.9 Å². The minimum Gasteiger partial charge on any atom is -0.396 e. The maximum absolute atomic E-state index is 13.5. The zero-order valence-corrected chi connectivity index (χ0v) is 21.3. The maximum Gasteiger partial charge on any atom is 0.270 e. The van der Waals surface area contributed by atoms with Gasteiger partial charge in [0.25, 0.3) is 5.91 Å². The third-order valence-corrected chi connectivity index (χ3v) is 7.15. The number of aromatic amines is 1. The first kappa shape index (κ1) is 25.6. The largest absolute Gasteiger partial charge is 0.396 e. The molecule has 0 bridgehead atoms. The Labute approximate surface area is 211 Å². The highest BCUT2D eigenvalue weighted by Gasteiger charge is 2.33. The van der Waals surface area contributed by atoms with Crippen molar-refractivity contribution >= 4 is 17.5 Å². The first-order chi connectivity index (χ1) is 17.4. The van der Waals surface area contributed by atoms with Gasteiger partial charge in [0, 0.05) is 36.3 Å². The fourth-order valence-electron chi connectivity index (χ4n) is 5.07. The Kier molecular flexibility index (Phi) is 8.20. The molecule has 9 heteroatoms. The molecule has 192 valence electrons. The Morgan fingerprint density at radius 1 is 1.14 bits per heavy atom. The average Bonchev–Trinajstić information content (AvgIpc) is 3.48. The van der Waals surface area contributed by atoms with Gasteiger partial charge in [-0.05, 0) is 68.7 Å². The molecular formula is C27H36N6O3. The molecule has 36 heavy (non-hydrogen) atoms. The molecule has 2 aromatic heterocycles. The van der Waals surface area contributed by atoms with Crippen LogP contribution in [0.3, 0.4) is 0 Å². The summed E-state index contributed by atoms with van der Waals surface area (Å²) >= 11 is 0. The lowest BCUT2D eigenvalue weighted by Gasteiger charge is -2.32. The number of benzene rings is 1. The number of amides is 2. The Bertz CT molecular complexity index is 1160. The van der Waals surface area contributed by atoms with Crippen LogP contribution in [0, 0.1) is 25.7 Å². The molecule has 4 rings (SSSR count). The number of hydrogen-bond donors (Lipinski definition) is 4. The van der Waals surface area contributed by atoms with Gasteiger partial charge in [-0.3, -0.25) is 19.4 Å². The molecule has 4 N–H and O–H groups in total. The van der Waals surface area contributed by atoms with Crippen molar-refractivity contribution in [2.24, 2.45) is 11.8 Å². The summed E-state index contributed by atoms with van der Waals surface area (Å²) in [5.74, 6) is 0.149. The van der Waals surface area contributed by atoms with E-state index in [1.807, 2.05) is 38.1 Å². The van der Waals surface area contributed by atoms with Crippen molar-refractivity contribution in [2.75, 3.05) is 11.9 Å². The Hall–Kier alpha value is -3.46. The van der Waals surface area contributed by atoms with Crippen molar-refractivity contribution in [1.82, 2.24) is 25.3 Å². The number of rotatable bonds is 9. The number of anilines is 1. The summed E-state index contributed by atoms with van der Waals surface area (Å²) < 4.78 is 1.57. The van der Waals surface area contributed by atoms with Crippen LogP contribution in [0.5, 0.6) is 0 Å². The first-order valence-corrected chi connectivity index (χ1v) is 12.7. The van der Waals surface area contributed by atoms with E-state index in [9.17, 15) is 9.59 Å². The monoisotopic (exact) mass is 492 g/mol. The molecule has 1 aliphatic carbocycles. The van der Waals surface area contributed by atoms with Crippen LogP contribution in [-0.4, -0.2) is 49.5 Å². The minimum atomic E-state index is -0.649. The number of aliphatic hydroxyl groups is 1. The quantitative estimate of drug-likeness (QED) is 0.361.